The Hall–Kier alpha value is -15.6. The van der Waals surface area contributed by atoms with Crippen molar-refractivity contribution in [2.45, 2.75) is 0 Å². The fraction of sp³-hybridized carbons (Fsp3) is 0. The molecule has 0 atom stereocenters. The van der Waals surface area contributed by atoms with E-state index >= 15 is 0 Å². The number of para-hydroxylation sites is 4. The maximum absolute atomic E-state index is 2.48. The van der Waals surface area contributed by atoms with Crippen LogP contribution in [0.5, 0.6) is 0 Å². The van der Waals surface area contributed by atoms with Crippen molar-refractivity contribution in [2.24, 2.45) is 0 Å². The van der Waals surface area contributed by atoms with Gasteiger partial charge < -0.3 is 18.3 Å². The van der Waals surface area contributed by atoms with Gasteiger partial charge in [-0.1, -0.05) is 297 Å². The molecule has 0 radical (unpaired) electrons. The van der Waals surface area contributed by atoms with Crippen molar-refractivity contribution in [2.75, 3.05) is 0 Å². The van der Waals surface area contributed by atoms with E-state index in [1.165, 1.54) is 121 Å². The van der Waals surface area contributed by atoms with Crippen LogP contribution in [0.4, 0.5) is 0 Å². The van der Waals surface area contributed by atoms with E-state index in [2.05, 4.69) is 467 Å². The molecule has 0 saturated heterocycles. The predicted molar refractivity (Wildman–Crippen MR) is 498 cm³/mol. The molecule has 118 heavy (non-hydrogen) atoms. The number of hydrogen-bond donors (Lipinski definition) is 0. The molecular weight excluding hydrogens is 1430 g/mol. The molecule has 0 fully saturated rings. The van der Waals surface area contributed by atoms with Gasteiger partial charge in [0.25, 0.3) is 0 Å². The van der Waals surface area contributed by atoms with E-state index in [9.17, 15) is 0 Å². The standard InChI is InChI=1S/C114H74N4/c1-6-26-75(27-7-1)80-48-54-95(55-49-80)115-107-44-20-16-40-99(107)103-71-85(50-56-111(103)115)86-52-58-113-105(72-86)101-42-18-22-46-109(101)117(113)97-67-91(78-32-12-4-13-33-78)63-93(69-97)83-38-24-36-81(60-83)82-37-25-39-84(61-82)94-64-92(79-34-14-5-15-35-79)68-98(70-94)118-110-47-23-19-43-102(110)106-74-88(53-59-114(106)118)87-51-57-112-104(73-87)100-41-17-21-45-108(100)116(112)96-65-89(76-28-8-2-9-29-76)62-90(66-96)77-30-10-3-11-31-77/h1-74H. The molecule has 19 aromatic carbocycles. The summed E-state index contributed by atoms with van der Waals surface area (Å²) < 4.78 is 9.81. The summed E-state index contributed by atoms with van der Waals surface area (Å²) >= 11 is 0. The van der Waals surface area contributed by atoms with E-state index in [1.54, 1.807) is 0 Å². The Balaban J connectivity index is 0.597. The zero-order valence-corrected chi connectivity index (χ0v) is 64.5. The third-order valence-corrected chi connectivity index (χ3v) is 24.3. The van der Waals surface area contributed by atoms with Crippen LogP contribution < -0.4 is 0 Å². The summed E-state index contributed by atoms with van der Waals surface area (Å²) in [6.07, 6.45) is 0. The van der Waals surface area contributed by atoms with Crippen molar-refractivity contribution in [1.82, 2.24) is 18.3 Å². The zero-order valence-electron chi connectivity index (χ0n) is 64.5. The highest BCUT2D eigenvalue weighted by molar-refractivity contribution is 6.15. The van der Waals surface area contributed by atoms with Crippen LogP contribution in [0.25, 0.3) is 221 Å². The quantitative estimate of drug-likeness (QED) is 0.103. The van der Waals surface area contributed by atoms with Crippen molar-refractivity contribution < 1.29 is 0 Å². The van der Waals surface area contributed by atoms with Gasteiger partial charge in [-0.15, -0.1) is 0 Å². The largest absolute Gasteiger partial charge is 0.309 e. The highest BCUT2D eigenvalue weighted by Crippen LogP contribution is 2.46. The molecule has 4 heterocycles. The Bertz CT molecular complexity index is 7820. The third-order valence-electron chi connectivity index (χ3n) is 24.3. The SMILES string of the molecule is c1ccc(-c2ccc(-n3c4ccccc4c4cc(-c5ccc6c(c5)c5ccccc5n6-c5cc(-c6ccccc6)cc(-c6cccc(-c7cccc(-c8cc(-c9ccccc9)cc(-n9c%10ccccc%10c%10cc(-c%11ccc%12c(c%11)c%11ccccc%11n%12-c%11cc(-c%12ccccc%12)cc(-c%12ccccc%12)c%11)ccc%109)c8)c7)c6)c5)ccc43)cc2)cc1. The summed E-state index contributed by atoms with van der Waals surface area (Å²) in [4.78, 5) is 0. The van der Waals surface area contributed by atoms with Gasteiger partial charge in [0.15, 0.2) is 0 Å². The molecule has 0 aliphatic rings. The molecule has 4 aromatic heterocycles. The second kappa shape index (κ2) is 28.2. The van der Waals surface area contributed by atoms with Crippen LogP contribution >= 0.6 is 0 Å². The maximum atomic E-state index is 2.48. The Kier molecular flexibility index (Phi) is 16.2. The van der Waals surface area contributed by atoms with Crippen LogP contribution in [0.3, 0.4) is 0 Å². The molecule has 0 aliphatic carbocycles. The normalized spacial score (nSPS) is 11.7. The van der Waals surface area contributed by atoms with Crippen molar-refractivity contribution in [3.05, 3.63) is 449 Å². The number of hydrogen-bond acceptors (Lipinski definition) is 0. The highest BCUT2D eigenvalue weighted by atomic mass is 15.0. The van der Waals surface area contributed by atoms with Gasteiger partial charge in [-0.3, -0.25) is 0 Å². The van der Waals surface area contributed by atoms with E-state index in [0.29, 0.717) is 0 Å². The van der Waals surface area contributed by atoms with Gasteiger partial charge in [-0.2, -0.15) is 0 Å². The third kappa shape index (κ3) is 11.8. The lowest BCUT2D eigenvalue weighted by molar-refractivity contribution is 1.18. The van der Waals surface area contributed by atoms with Gasteiger partial charge in [-0.25, -0.2) is 0 Å². The molecule has 0 amide bonds. The number of fused-ring (bicyclic) bond motifs is 12. The lowest BCUT2D eigenvalue weighted by atomic mass is 9.93. The molecular formula is C114H74N4. The topological polar surface area (TPSA) is 19.7 Å². The molecule has 0 saturated carbocycles. The van der Waals surface area contributed by atoms with Crippen LogP contribution in [0.2, 0.25) is 0 Å². The number of nitrogens with zero attached hydrogens (tertiary/aromatic N) is 4. The number of benzene rings is 19. The Morgan fingerprint density at radius 3 is 0.551 bits per heavy atom. The van der Waals surface area contributed by atoms with Gasteiger partial charge in [0.05, 0.1) is 44.1 Å². The fourth-order valence-corrected chi connectivity index (χ4v) is 18.7. The first-order valence-electron chi connectivity index (χ1n) is 40.7. The summed E-state index contributed by atoms with van der Waals surface area (Å²) in [6.45, 7) is 0. The second-order valence-electron chi connectivity index (χ2n) is 31.2. The summed E-state index contributed by atoms with van der Waals surface area (Å²) in [7, 11) is 0. The first-order chi connectivity index (χ1) is 58.5. The maximum Gasteiger partial charge on any atom is 0.0541 e. The lowest BCUT2D eigenvalue weighted by Crippen LogP contribution is -1.96. The van der Waals surface area contributed by atoms with Gasteiger partial charge in [0.1, 0.15) is 0 Å². The van der Waals surface area contributed by atoms with Gasteiger partial charge in [0, 0.05) is 65.8 Å². The highest BCUT2D eigenvalue weighted by Gasteiger charge is 2.23. The molecule has 23 aromatic rings. The van der Waals surface area contributed by atoms with Crippen LogP contribution in [0, 0.1) is 0 Å². The van der Waals surface area contributed by atoms with Crippen molar-refractivity contribution in [1.29, 1.82) is 0 Å². The van der Waals surface area contributed by atoms with E-state index < -0.39 is 0 Å². The minimum absolute atomic E-state index is 1.10. The smallest absolute Gasteiger partial charge is 0.0541 e. The van der Waals surface area contributed by atoms with Gasteiger partial charge >= 0.3 is 0 Å². The molecule has 23 rings (SSSR count). The Morgan fingerprint density at radius 1 is 0.0932 bits per heavy atom. The molecule has 0 bridgehead atoms. The first kappa shape index (κ1) is 68.0. The van der Waals surface area contributed by atoms with E-state index in [-0.39, 0.29) is 0 Å². The average Bonchev–Trinajstić information content (AvgIpc) is 1.59. The van der Waals surface area contributed by atoms with Gasteiger partial charge in [0.2, 0.25) is 0 Å². The van der Waals surface area contributed by atoms with E-state index in [0.717, 1.165) is 100 Å². The molecule has 550 valence electrons. The van der Waals surface area contributed by atoms with Crippen LogP contribution in [0.15, 0.2) is 449 Å². The lowest BCUT2D eigenvalue weighted by Gasteiger charge is -2.16. The molecule has 4 nitrogen and oxygen atoms in total. The van der Waals surface area contributed by atoms with E-state index in [4.69, 9.17) is 0 Å². The minimum atomic E-state index is 1.10. The predicted octanol–water partition coefficient (Wildman–Crippen LogP) is 30.7. The Morgan fingerprint density at radius 2 is 0.271 bits per heavy atom. The molecule has 0 unspecified atom stereocenters. The van der Waals surface area contributed by atoms with Gasteiger partial charge in [-0.05, 0) is 263 Å². The number of rotatable bonds is 14. The minimum Gasteiger partial charge on any atom is -0.309 e. The summed E-state index contributed by atoms with van der Waals surface area (Å²) in [6, 6.07) is 166. The molecule has 0 N–H and O–H groups in total. The fourth-order valence-electron chi connectivity index (χ4n) is 18.7. The molecule has 0 spiro atoms. The van der Waals surface area contributed by atoms with Crippen molar-refractivity contribution >= 4 is 87.2 Å². The summed E-state index contributed by atoms with van der Waals surface area (Å²) in [5.41, 5.74) is 37.1. The van der Waals surface area contributed by atoms with Crippen LogP contribution in [0.1, 0.15) is 0 Å². The first-order valence-corrected chi connectivity index (χ1v) is 40.7. The summed E-state index contributed by atoms with van der Waals surface area (Å²) in [5.74, 6) is 0. The molecule has 0 aliphatic heterocycles. The van der Waals surface area contributed by atoms with Crippen molar-refractivity contribution in [3.63, 3.8) is 0 Å². The van der Waals surface area contributed by atoms with Crippen LogP contribution in [-0.4, -0.2) is 18.3 Å². The monoisotopic (exact) mass is 1500 g/mol. The second-order valence-corrected chi connectivity index (χ2v) is 31.2. The average molecular weight is 1500 g/mol. The zero-order chi connectivity index (χ0) is 77.7. The Labute approximate surface area is 683 Å². The van der Waals surface area contributed by atoms with E-state index in [1.807, 2.05) is 0 Å². The number of aromatic nitrogens is 4. The summed E-state index contributed by atoms with van der Waals surface area (Å²) in [5, 5.41) is 9.72. The van der Waals surface area contributed by atoms with Crippen molar-refractivity contribution in [3.8, 4) is 134 Å². The van der Waals surface area contributed by atoms with Crippen LogP contribution in [-0.2, 0) is 0 Å². The molecule has 4 heteroatoms.